The van der Waals surface area contributed by atoms with E-state index in [9.17, 15) is 4.39 Å². The fourth-order valence-electron chi connectivity index (χ4n) is 3.20. The number of hydrogen-bond acceptors (Lipinski definition) is 1. The molecule has 1 saturated carbocycles. The molecule has 0 saturated heterocycles. The molecule has 0 radical (unpaired) electrons. The van der Waals surface area contributed by atoms with E-state index in [-0.39, 0.29) is 5.82 Å². The summed E-state index contributed by atoms with van der Waals surface area (Å²) in [6.07, 6.45) is 8.60. The van der Waals surface area contributed by atoms with Gasteiger partial charge in [-0.2, -0.15) is 0 Å². The molecule has 1 nitrogen and oxygen atoms in total. The van der Waals surface area contributed by atoms with E-state index < -0.39 is 0 Å². The average molecular weight is 342 g/mol. The molecular weight excluding hydrogens is 317 g/mol. The van der Waals surface area contributed by atoms with E-state index in [1.54, 1.807) is 0 Å². The first-order chi connectivity index (χ1) is 9.70. The Kier molecular flexibility index (Phi) is 6.50. The van der Waals surface area contributed by atoms with Crippen molar-refractivity contribution in [3.05, 3.63) is 34.1 Å². The Morgan fingerprint density at radius 1 is 1.30 bits per heavy atom. The van der Waals surface area contributed by atoms with E-state index in [4.69, 9.17) is 0 Å². The molecule has 1 fully saturated rings. The molecule has 112 valence electrons. The van der Waals surface area contributed by atoms with Gasteiger partial charge in [0.25, 0.3) is 0 Å². The van der Waals surface area contributed by atoms with Gasteiger partial charge in [-0.3, -0.25) is 0 Å². The molecule has 3 heteroatoms. The lowest BCUT2D eigenvalue weighted by molar-refractivity contribution is 0.383. The van der Waals surface area contributed by atoms with Crippen molar-refractivity contribution in [2.24, 2.45) is 5.92 Å². The van der Waals surface area contributed by atoms with Crippen molar-refractivity contribution in [2.75, 3.05) is 6.54 Å². The minimum atomic E-state index is -0.142. The van der Waals surface area contributed by atoms with E-state index in [1.165, 1.54) is 44.6 Å². The van der Waals surface area contributed by atoms with Gasteiger partial charge in [0.05, 0.1) is 4.47 Å². The van der Waals surface area contributed by atoms with Gasteiger partial charge in [-0.15, -0.1) is 0 Å². The summed E-state index contributed by atoms with van der Waals surface area (Å²) in [4.78, 5) is 0. The summed E-state index contributed by atoms with van der Waals surface area (Å²) in [6, 6.07) is 6.03. The molecule has 0 aromatic heterocycles. The van der Waals surface area contributed by atoms with Crippen LogP contribution in [0.15, 0.2) is 22.7 Å². The van der Waals surface area contributed by atoms with Crippen LogP contribution in [0.3, 0.4) is 0 Å². The number of benzene rings is 1. The standard InChI is InChI=1S/C17H25BrFN/c1-2-10-20-15-8-4-3-6-13(12-15)11-14-7-5-9-16(19)17(14)18/h5,7,9,13,15,20H,2-4,6,8,10-12H2,1H3. The largest absolute Gasteiger partial charge is 0.314 e. The van der Waals surface area contributed by atoms with Gasteiger partial charge in [-0.1, -0.05) is 38.3 Å². The van der Waals surface area contributed by atoms with E-state index in [0.29, 0.717) is 16.4 Å². The van der Waals surface area contributed by atoms with Crippen molar-refractivity contribution in [1.82, 2.24) is 5.32 Å². The molecule has 1 aromatic carbocycles. The van der Waals surface area contributed by atoms with Crippen LogP contribution in [0.4, 0.5) is 4.39 Å². The second kappa shape index (κ2) is 8.14. The topological polar surface area (TPSA) is 12.0 Å². The first-order valence-corrected chi connectivity index (χ1v) is 8.66. The third-order valence-electron chi connectivity index (χ3n) is 4.26. The van der Waals surface area contributed by atoms with Crippen molar-refractivity contribution < 1.29 is 4.39 Å². The third-order valence-corrected chi connectivity index (χ3v) is 5.14. The van der Waals surface area contributed by atoms with Gasteiger partial charge in [0.15, 0.2) is 0 Å². The Labute approximate surface area is 130 Å². The fraction of sp³-hybridized carbons (Fsp3) is 0.647. The van der Waals surface area contributed by atoms with Crippen molar-refractivity contribution in [3.63, 3.8) is 0 Å². The van der Waals surface area contributed by atoms with Crippen LogP contribution >= 0.6 is 15.9 Å². The highest BCUT2D eigenvalue weighted by Gasteiger charge is 2.21. The smallest absolute Gasteiger partial charge is 0.137 e. The Morgan fingerprint density at radius 2 is 2.10 bits per heavy atom. The van der Waals surface area contributed by atoms with E-state index in [1.807, 2.05) is 12.1 Å². The zero-order valence-electron chi connectivity index (χ0n) is 12.3. The molecule has 2 atom stereocenters. The summed E-state index contributed by atoms with van der Waals surface area (Å²) in [5, 5.41) is 3.67. The SMILES string of the molecule is CCCNC1CCCCC(Cc2cccc(F)c2Br)C1. The van der Waals surface area contributed by atoms with Crippen molar-refractivity contribution >= 4 is 15.9 Å². The summed E-state index contributed by atoms with van der Waals surface area (Å²) in [5.74, 6) is 0.529. The second-order valence-corrected chi connectivity index (χ2v) is 6.75. The van der Waals surface area contributed by atoms with Crippen LogP contribution in [0.5, 0.6) is 0 Å². The zero-order chi connectivity index (χ0) is 14.4. The van der Waals surface area contributed by atoms with Crippen LogP contribution in [-0.2, 0) is 6.42 Å². The maximum absolute atomic E-state index is 13.6. The van der Waals surface area contributed by atoms with E-state index in [2.05, 4.69) is 28.2 Å². The summed E-state index contributed by atoms with van der Waals surface area (Å²) in [7, 11) is 0. The first-order valence-electron chi connectivity index (χ1n) is 7.87. The van der Waals surface area contributed by atoms with Crippen LogP contribution in [0.25, 0.3) is 0 Å². The highest BCUT2D eigenvalue weighted by molar-refractivity contribution is 9.10. The molecule has 2 rings (SSSR count). The maximum Gasteiger partial charge on any atom is 0.137 e. The third kappa shape index (κ3) is 4.56. The lowest BCUT2D eigenvalue weighted by Gasteiger charge is -2.21. The highest BCUT2D eigenvalue weighted by atomic mass is 79.9. The molecule has 1 aromatic rings. The van der Waals surface area contributed by atoms with E-state index in [0.717, 1.165) is 18.5 Å². The lowest BCUT2D eigenvalue weighted by atomic mass is 9.91. The van der Waals surface area contributed by atoms with Gasteiger partial charge in [0.1, 0.15) is 5.82 Å². The molecule has 0 amide bonds. The van der Waals surface area contributed by atoms with Crippen LogP contribution in [-0.4, -0.2) is 12.6 Å². The minimum absolute atomic E-state index is 0.142. The Bertz CT molecular complexity index is 421. The molecule has 1 aliphatic carbocycles. The summed E-state index contributed by atoms with van der Waals surface area (Å²) in [5.41, 5.74) is 1.12. The van der Waals surface area contributed by atoms with Crippen LogP contribution < -0.4 is 5.32 Å². The van der Waals surface area contributed by atoms with Crippen molar-refractivity contribution in [1.29, 1.82) is 0 Å². The van der Waals surface area contributed by atoms with Gasteiger partial charge in [-0.05, 0) is 65.7 Å². The monoisotopic (exact) mass is 341 g/mol. The Hall–Kier alpha value is -0.410. The molecule has 2 unspecified atom stereocenters. The van der Waals surface area contributed by atoms with Crippen LogP contribution in [0, 0.1) is 11.7 Å². The second-order valence-electron chi connectivity index (χ2n) is 5.95. The Balaban J connectivity index is 1.98. The summed E-state index contributed by atoms with van der Waals surface area (Å²) >= 11 is 3.39. The average Bonchev–Trinajstić information content (AvgIpc) is 2.67. The zero-order valence-corrected chi connectivity index (χ0v) is 13.9. The van der Waals surface area contributed by atoms with Gasteiger partial charge in [-0.25, -0.2) is 4.39 Å². The van der Waals surface area contributed by atoms with Crippen molar-refractivity contribution in [2.45, 2.75) is 57.9 Å². The highest BCUT2D eigenvalue weighted by Crippen LogP contribution is 2.30. The molecular formula is C17H25BrFN. The summed E-state index contributed by atoms with van der Waals surface area (Å²) < 4.78 is 14.3. The predicted octanol–water partition coefficient (Wildman–Crippen LogP) is 5.08. The molecule has 20 heavy (non-hydrogen) atoms. The summed E-state index contributed by atoms with van der Waals surface area (Å²) in [6.45, 7) is 3.33. The molecule has 1 N–H and O–H groups in total. The quantitative estimate of drug-likeness (QED) is 0.736. The van der Waals surface area contributed by atoms with E-state index >= 15 is 0 Å². The van der Waals surface area contributed by atoms with Crippen LogP contribution in [0.1, 0.15) is 51.0 Å². The molecule has 0 heterocycles. The van der Waals surface area contributed by atoms with Gasteiger partial charge >= 0.3 is 0 Å². The van der Waals surface area contributed by atoms with Crippen LogP contribution in [0.2, 0.25) is 0 Å². The lowest BCUT2D eigenvalue weighted by Crippen LogP contribution is -2.31. The maximum atomic E-state index is 13.6. The molecule has 0 bridgehead atoms. The van der Waals surface area contributed by atoms with Gasteiger partial charge < -0.3 is 5.32 Å². The molecule has 0 spiro atoms. The van der Waals surface area contributed by atoms with Crippen molar-refractivity contribution in [3.8, 4) is 0 Å². The molecule has 0 aliphatic heterocycles. The number of rotatable bonds is 5. The number of halogens is 2. The van der Waals surface area contributed by atoms with Gasteiger partial charge in [0, 0.05) is 6.04 Å². The number of nitrogens with one attached hydrogen (secondary N) is 1. The fourth-order valence-corrected chi connectivity index (χ4v) is 3.62. The first kappa shape index (κ1) is 16.0. The minimum Gasteiger partial charge on any atom is -0.314 e. The van der Waals surface area contributed by atoms with Gasteiger partial charge in [0.2, 0.25) is 0 Å². The predicted molar refractivity (Wildman–Crippen MR) is 86.5 cm³/mol. The Morgan fingerprint density at radius 3 is 2.90 bits per heavy atom. The normalized spacial score (nSPS) is 23.6. The molecule has 1 aliphatic rings. The number of hydrogen-bond donors (Lipinski definition) is 1.